The molecule has 0 radical (unpaired) electrons. The van der Waals surface area contributed by atoms with E-state index in [-0.39, 0.29) is 17.9 Å². The first kappa shape index (κ1) is 12.5. The van der Waals surface area contributed by atoms with E-state index in [4.69, 9.17) is 0 Å². The molecule has 2 amide bonds. The van der Waals surface area contributed by atoms with Crippen molar-refractivity contribution in [1.29, 1.82) is 0 Å². The van der Waals surface area contributed by atoms with Gasteiger partial charge < -0.3 is 10.2 Å². The van der Waals surface area contributed by atoms with E-state index in [0.717, 1.165) is 12.8 Å². The number of aromatic amines is 1. The topological polar surface area (TPSA) is 91.0 Å². The lowest BCUT2D eigenvalue weighted by Crippen LogP contribution is -2.46. The summed E-state index contributed by atoms with van der Waals surface area (Å²) in [6.07, 6.45) is 3.50. The van der Waals surface area contributed by atoms with E-state index in [2.05, 4.69) is 20.7 Å². The highest BCUT2D eigenvalue weighted by Gasteiger charge is 2.25. The van der Waals surface area contributed by atoms with Crippen molar-refractivity contribution in [2.75, 3.05) is 13.1 Å². The molecule has 2 rings (SSSR count). The van der Waals surface area contributed by atoms with E-state index in [9.17, 15) is 9.59 Å². The molecule has 1 aromatic rings. The predicted molar refractivity (Wildman–Crippen MR) is 63.7 cm³/mol. The van der Waals surface area contributed by atoms with Crippen molar-refractivity contribution in [2.45, 2.75) is 32.2 Å². The van der Waals surface area contributed by atoms with Gasteiger partial charge in [-0.15, -0.1) is 0 Å². The minimum Gasteiger partial charge on any atom is -0.353 e. The molecule has 2 heterocycles. The first-order chi connectivity index (χ1) is 8.70. The van der Waals surface area contributed by atoms with Crippen LogP contribution in [0.1, 0.15) is 36.7 Å². The van der Waals surface area contributed by atoms with Crippen molar-refractivity contribution in [3.8, 4) is 0 Å². The van der Waals surface area contributed by atoms with Crippen molar-refractivity contribution in [1.82, 2.24) is 25.6 Å². The Hall–Kier alpha value is -1.92. The predicted octanol–water partition coefficient (Wildman–Crippen LogP) is -0.0645. The summed E-state index contributed by atoms with van der Waals surface area (Å²) in [6, 6.07) is 0.179. The number of amides is 2. The summed E-state index contributed by atoms with van der Waals surface area (Å²) in [5, 5.41) is 12.8. The number of carbonyl (C=O) groups excluding carboxylic acids is 2. The van der Waals surface area contributed by atoms with Gasteiger partial charge in [0.1, 0.15) is 0 Å². The number of aromatic nitrogens is 3. The summed E-state index contributed by atoms with van der Waals surface area (Å²) in [7, 11) is 0. The van der Waals surface area contributed by atoms with Crippen LogP contribution in [0.2, 0.25) is 0 Å². The van der Waals surface area contributed by atoms with Crippen molar-refractivity contribution in [3.63, 3.8) is 0 Å². The fourth-order valence-electron chi connectivity index (χ4n) is 2.02. The third-order valence-electron chi connectivity index (χ3n) is 3.10. The van der Waals surface area contributed by atoms with Gasteiger partial charge >= 0.3 is 0 Å². The molecule has 18 heavy (non-hydrogen) atoms. The standard InChI is InChI=1S/C11H17N5O2/c1-2-10(17)13-8-3-5-16(6-4-8)11(18)9-7-12-15-14-9/h7-8H,2-6H2,1H3,(H,13,17)(H,12,14,15). The number of piperidine rings is 1. The Labute approximate surface area is 105 Å². The number of hydrogen-bond donors (Lipinski definition) is 2. The summed E-state index contributed by atoms with van der Waals surface area (Å²) < 4.78 is 0. The minimum absolute atomic E-state index is 0.0660. The first-order valence-corrected chi connectivity index (χ1v) is 6.15. The molecule has 1 saturated heterocycles. The second-order valence-electron chi connectivity index (χ2n) is 4.34. The normalized spacial score (nSPS) is 16.6. The highest BCUT2D eigenvalue weighted by molar-refractivity contribution is 5.91. The molecule has 2 N–H and O–H groups in total. The molecule has 7 nitrogen and oxygen atoms in total. The molecule has 0 unspecified atom stereocenters. The maximum atomic E-state index is 12.0. The van der Waals surface area contributed by atoms with Crippen molar-refractivity contribution < 1.29 is 9.59 Å². The molecule has 1 aliphatic heterocycles. The Bertz CT molecular complexity index is 409. The SMILES string of the molecule is CCC(=O)NC1CCN(C(=O)c2cn[nH]n2)CC1. The van der Waals surface area contributed by atoms with E-state index in [1.165, 1.54) is 6.20 Å². The number of H-pyrrole nitrogens is 1. The van der Waals surface area contributed by atoms with Crippen molar-refractivity contribution >= 4 is 11.8 Å². The molecule has 0 spiro atoms. The number of nitrogens with zero attached hydrogens (tertiary/aromatic N) is 3. The van der Waals surface area contributed by atoms with Crippen LogP contribution in [0, 0.1) is 0 Å². The summed E-state index contributed by atoms with van der Waals surface area (Å²) in [6.45, 7) is 3.11. The number of likely N-dealkylation sites (tertiary alicyclic amines) is 1. The first-order valence-electron chi connectivity index (χ1n) is 6.15. The lowest BCUT2D eigenvalue weighted by molar-refractivity contribution is -0.121. The van der Waals surface area contributed by atoms with Gasteiger partial charge in [-0.3, -0.25) is 9.59 Å². The Balaban J connectivity index is 1.83. The van der Waals surface area contributed by atoms with Crippen LogP contribution < -0.4 is 5.32 Å². The highest BCUT2D eigenvalue weighted by Crippen LogP contribution is 2.12. The number of nitrogens with one attached hydrogen (secondary N) is 2. The maximum absolute atomic E-state index is 12.0. The summed E-state index contributed by atoms with van der Waals surface area (Å²) in [5.74, 6) is -0.0414. The van der Waals surface area contributed by atoms with E-state index < -0.39 is 0 Å². The zero-order chi connectivity index (χ0) is 13.0. The summed E-state index contributed by atoms with van der Waals surface area (Å²) in [4.78, 5) is 25.0. The molecule has 0 aromatic carbocycles. The average molecular weight is 251 g/mol. The third-order valence-corrected chi connectivity index (χ3v) is 3.10. The van der Waals surface area contributed by atoms with Crippen LogP contribution in [0.5, 0.6) is 0 Å². The molecular formula is C11H17N5O2. The second kappa shape index (κ2) is 5.61. The van der Waals surface area contributed by atoms with Gasteiger partial charge in [0.2, 0.25) is 5.91 Å². The van der Waals surface area contributed by atoms with E-state index in [0.29, 0.717) is 25.2 Å². The van der Waals surface area contributed by atoms with Crippen molar-refractivity contribution in [2.24, 2.45) is 0 Å². The van der Waals surface area contributed by atoms with Crippen LogP contribution in [0.4, 0.5) is 0 Å². The van der Waals surface area contributed by atoms with Crippen LogP contribution in [-0.2, 0) is 4.79 Å². The zero-order valence-corrected chi connectivity index (χ0v) is 10.3. The van der Waals surface area contributed by atoms with Crippen LogP contribution in [0.25, 0.3) is 0 Å². The number of carbonyl (C=O) groups is 2. The molecule has 0 aliphatic carbocycles. The quantitative estimate of drug-likeness (QED) is 0.787. The van der Waals surface area contributed by atoms with Crippen LogP contribution in [0.3, 0.4) is 0 Å². The zero-order valence-electron chi connectivity index (χ0n) is 10.3. The van der Waals surface area contributed by atoms with Gasteiger partial charge in [0.05, 0.1) is 6.20 Å². The summed E-state index contributed by atoms with van der Waals surface area (Å²) in [5.41, 5.74) is 0.339. The number of rotatable bonds is 3. The molecule has 1 aromatic heterocycles. The van der Waals surface area contributed by atoms with Gasteiger partial charge in [-0.1, -0.05) is 6.92 Å². The Morgan fingerprint density at radius 2 is 2.22 bits per heavy atom. The third kappa shape index (κ3) is 2.85. The Kier molecular flexibility index (Phi) is 3.91. The van der Waals surface area contributed by atoms with Crippen LogP contribution in [0.15, 0.2) is 6.20 Å². The van der Waals surface area contributed by atoms with Gasteiger partial charge in [0, 0.05) is 25.6 Å². The van der Waals surface area contributed by atoms with Crippen LogP contribution in [-0.4, -0.2) is 51.3 Å². The summed E-state index contributed by atoms with van der Waals surface area (Å²) >= 11 is 0. The minimum atomic E-state index is -0.107. The molecular weight excluding hydrogens is 234 g/mol. The molecule has 1 aliphatic rings. The maximum Gasteiger partial charge on any atom is 0.276 e. The van der Waals surface area contributed by atoms with Gasteiger partial charge in [-0.05, 0) is 12.8 Å². The largest absolute Gasteiger partial charge is 0.353 e. The van der Waals surface area contributed by atoms with Gasteiger partial charge in [0.25, 0.3) is 5.91 Å². The number of hydrogen-bond acceptors (Lipinski definition) is 4. The van der Waals surface area contributed by atoms with Crippen LogP contribution >= 0.6 is 0 Å². The monoisotopic (exact) mass is 251 g/mol. The molecule has 0 bridgehead atoms. The van der Waals surface area contributed by atoms with E-state index in [1.807, 2.05) is 6.92 Å². The molecule has 7 heteroatoms. The molecule has 1 fully saturated rings. The van der Waals surface area contributed by atoms with Gasteiger partial charge in [-0.25, -0.2) is 0 Å². The van der Waals surface area contributed by atoms with Gasteiger partial charge in [-0.2, -0.15) is 15.4 Å². The fourth-order valence-corrected chi connectivity index (χ4v) is 2.02. The highest BCUT2D eigenvalue weighted by atomic mass is 16.2. The molecule has 98 valence electrons. The molecule has 0 saturated carbocycles. The molecule has 0 atom stereocenters. The second-order valence-corrected chi connectivity index (χ2v) is 4.34. The fraction of sp³-hybridized carbons (Fsp3) is 0.636. The Morgan fingerprint density at radius 1 is 1.50 bits per heavy atom. The van der Waals surface area contributed by atoms with E-state index >= 15 is 0 Å². The smallest absolute Gasteiger partial charge is 0.276 e. The Morgan fingerprint density at radius 3 is 2.78 bits per heavy atom. The van der Waals surface area contributed by atoms with Crippen molar-refractivity contribution in [3.05, 3.63) is 11.9 Å². The lowest BCUT2D eigenvalue weighted by atomic mass is 10.0. The average Bonchev–Trinajstić information content (AvgIpc) is 2.92. The van der Waals surface area contributed by atoms with Gasteiger partial charge in [0.15, 0.2) is 5.69 Å². The lowest BCUT2D eigenvalue weighted by Gasteiger charge is -2.31. The van der Waals surface area contributed by atoms with E-state index in [1.54, 1.807) is 4.90 Å².